The van der Waals surface area contributed by atoms with E-state index in [0.29, 0.717) is 0 Å². The van der Waals surface area contributed by atoms with Gasteiger partial charge >= 0.3 is 5.97 Å². The first-order chi connectivity index (χ1) is 8.67. The molecule has 0 fully saturated rings. The van der Waals surface area contributed by atoms with Crippen LogP contribution in [0.1, 0.15) is 45.1 Å². The van der Waals surface area contributed by atoms with Crippen LogP contribution in [0.25, 0.3) is 0 Å². The fourth-order valence-electron chi connectivity index (χ4n) is 1.87. The first-order valence-corrected chi connectivity index (χ1v) is 7.75. The van der Waals surface area contributed by atoms with Gasteiger partial charge in [-0.1, -0.05) is 26.2 Å². The maximum absolute atomic E-state index is 11.1. The molecule has 0 radical (unpaired) electrons. The Kier molecular flexibility index (Phi) is 6.88. The van der Waals surface area contributed by atoms with Crippen LogP contribution in [-0.4, -0.2) is 12.2 Å². The molecule has 100 valence electrons. The zero-order chi connectivity index (χ0) is 13.4. The van der Waals surface area contributed by atoms with Gasteiger partial charge in [-0.25, -0.2) is 0 Å². The second-order valence-corrected chi connectivity index (χ2v) is 5.26. The summed E-state index contributed by atoms with van der Waals surface area (Å²) in [6, 6.07) is 6.04. The molecule has 0 aliphatic carbocycles. The normalized spacial score (nSPS) is 10.4. The van der Waals surface area contributed by atoms with Gasteiger partial charge < -0.3 is 4.74 Å². The van der Waals surface area contributed by atoms with E-state index in [0.717, 1.165) is 24.2 Å². The molecule has 0 heterocycles. The first-order valence-electron chi connectivity index (χ1n) is 6.52. The molecule has 0 N–H and O–H groups in total. The van der Waals surface area contributed by atoms with Gasteiger partial charge in [0.05, 0.1) is 0 Å². The third-order valence-corrected chi connectivity index (χ3v) is 3.55. The fourth-order valence-corrected chi connectivity index (χ4v) is 2.34. The number of hydrogen-bond acceptors (Lipinski definition) is 3. The Bertz CT molecular complexity index is 388. The average molecular weight is 266 g/mol. The molecule has 0 saturated heterocycles. The number of carbonyl (C=O) groups is 1. The van der Waals surface area contributed by atoms with Crippen LogP contribution in [0, 0.1) is 0 Å². The number of thioether (sulfide) groups is 1. The average Bonchev–Trinajstić information content (AvgIpc) is 2.35. The second-order valence-electron chi connectivity index (χ2n) is 4.38. The Labute approximate surface area is 114 Å². The summed E-state index contributed by atoms with van der Waals surface area (Å²) in [4.78, 5) is 12.3. The van der Waals surface area contributed by atoms with Gasteiger partial charge in [0.1, 0.15) is 5.75 Å². The SMILES string of the molecule is CCCCCCc1cc(SC)ccc1OC(C)=O. The topological polar surface area (TPSA) is 26.3 Å². The van der Waals surface area contributed by atoms with Gasteiger partial charge in [0.25, 0.3) is 0 Å². The lowest BCUT2D eigenvalue weighted by Crippen LogP contribution is -2.04. The number of ether oxygens (including phenoxy) is 1. The lowest BCUT2D eigenvalue weighted by Gasteiger charge is -2.10. The Morgan fingerprint density at radius 3 is 2.67 bits per heavy atom. The quantitative estimate of drug-likeness (QED) is 0.315. The van der Waals surface area contributed by atoms with Gasteiger partial charge in [-0.15, -0.1) is 11.8 Å². The molecule has 0 amide bonds. The summed E-state index contributed by atoms with van der Waals surface area (Å²) >= 11 is 1.71. The maximum Gasteiger partial charge on any atom is 0.308 e. The van der Waals surface area contributed by atoms with Crippen molar-refractivity contribution in [2.75, 3.05) is 6.26 Å². The Hall–Kier alpha value is -0.960. The van der Waals surface area contributed by atoms with Crippen LogP contribution in [0.3, 0.4) is 0 Å². The van der Waals surface area contributed by atoms with Crippen molar-refractivity contribution in [3.05, 3.63) is 23.8 Å². The Balaban J connectivity index is 2.72. The molecule has 0 aromatic heterocycles. The highest BCUT2D eigenvalue weighted by Crippen LogP contribution is 2.26. The van der Waals surface area contributed by atoms with E-state index in [2.05, 4.69) is 19.2 Å². The van der Waals surface area contributed by atoms with E-state index in [9.17, 15) is 4.79 Å². The van der Waals surface area contributed by atoms with E-state index in [-0.39, 0.29) is 5.97 Å². The summed E-state index contributed by atoms with van der Waals surface area (Å²) in [5, 5.41) is 0. The number of hydrogen-bond donors (Lipinski definition) is 0. The van der Waals surface area contributed by atoms with Crippen molar-refractivity contribution >= 4 is 17.7 Å². The van der Waals surface area contributed by atoms with Crippen LogP contribution in [0.4, 0.5) is 0 Å². The van der Waals surface area contributed by atoms with Gasteiger partial charge in [0.15, 0.2) is 0 Å². The zero-order valence-corrected chi connectivity index (χ0v) is 12.3. The van der Waals surface area contributed by atoms with E-state index < -0.39 is 0 Å². The monoisotopic (exact) mass is 266 g/mol. The molecular weight excluding hydrogens is 244 g/mol. The van der Waals surface area contributed by atoms with Crippen molar-refractivity contribution in [2.24, 2.45) is 0 Å². The van der Waals surface area contributed by atoms with Crippen LogP contribution >= 0.6 is 11.8 Å². The van der Waals surface area contributed by atoms with Crippen molar-refractivity contribution in [3.8, 4) is 5.75 Å². The van der Waals surface area contributed by atoms with Crippen molar-refractivity contribution in [2.45, 2.75) is 50.8 Å². The van der Waals surface area contributed by atoms with E-state index in [1.165, 1.54) is 31.1 Å². The first kappa shape index (κ1) is 15.1. The summed E-state index contributed by atoms with van der Waals surface area (Å²) in [7, 11) is 0. The molecule has 3 heteroatoms. The lowest BCUT2D eigenvalue weighted by atomic mass is 10.1. The third kappa shape index (κ3) is 5.13. The number of aryl methyl sites for hydroxylation is 1. The number of unbranched alkanes of at least 4 members (excludes halogenated alkanes) is 3. The van der Waals surface area contributed by atoms with Crippen LogP contribution in [0.5, 0.6) is 5.75 Å². The number of benzene rings is 1. The van der Waals surface area contributed by atoms with Crippen molar-refractivity contribution < 1.29 is 9.53 Å². The highest BCUT2D eigenvalue weighted by Gasteiger charge is 2.07. The summed E-state index contributed by atoms with van der Waals surface area (Å²) in [6.45, 7) is 3.65. The minimum Gasteiger partial charge on any atom is -0.426 e. The van der Waals surface area contributed by atoms with Gasteiger partial charge in [0, 0.05) is 11.8 Å². The minimum atomic E-state index is -0.248. The molecule has 1 rings (SSSR count). The molecule has 0 aliphatic rings. The predicted molar refractivity (Wildman–Crippen MR) is 77.4 cm³/mol. The highest BCUT2D eigenvalue weighted by atomic mass is 32.2. The largest absolute Gasteiger partial charge is 0.426 e. The van der Waals surface area contributed by atoms with Crippen molar-refractivity contribution in [1.29, 1.82) is 0 Å². The fraction of sp³-hybridized carbons (Fsp3) is 0.533. The second kappa shape index (κ2) is 8.20. The Morgan fingerprint density at radius 2 is 2.06 bits per heavy atom. The van der Waals surface area contributed by atoms with Gasteiger partial charge in [-0.05, 0) is 42.9 Å². The number of esters is 1. The molecule has 0 atom stereocenters. The molecule has 0 bridgehead atoms. The lowest BCUT2D eigenvalue weighted by molar-refractivity contribution is -0.131. The smallest absolute Gasteiger partial charge is 0.308 e. The predicted octanol–water partition coefficient (Wildman–Crippen LogP) is 4.46. The standard InChI is InChI=1S/C15H22O2S/c1-4-5-6-7-8-13-11-14(18-3)9-10-15(13)17-12(2)16/h9-11H,4-8H2,1-3H3. The molecule has 2 nitrogen and oxygen atoms in total. The van der Waals surface area contributed by atoms with Crippen molar-refractivity contribution in [1.82, 2.24) is 0 Å². The van der Waals surface area contributed by atoms with E-state index >= 15 is 0 Å². The van der Waals surface area contributed by atoms with Crippen LogP contribution in [-0.2, 0) is 11.2 Å². The number of rotatable bonds is 7. The molecule has 18 heavy (non-hydrogen) atoms. The maximum atomic E-state index is 11.1. The molecule has 1 aromatic carbocycles. The van der Waals surface area contributed by atoms with Crippen LogP contribution in [0.2, 0.25) is 0 Å². The summed E-state index contributed by atoms with van der Waals surface area (Å²) in [5.74, 6) is 0.471. The van der Waals surface area contributed by atoms with E-state index in [4.69, 9.17) is 4.74 Å². The van der Waals surface area contributed by atoms with Gasteiger partial charge in [-0.3, -0.25) is 4.79 Å². The Morgan fingerprint density at radius 1 is 1.28 bits per heavy atom. The van der Waals surface area contributed by atoms with E-state index in [1.807, 2.05) is 12.1 Å². The summed E-state index contributed by atoms with van der Waals surface area (Å²) < 4.78 is 5.25. The molecule has 0 unspecified atom stereocenters. The molecule has 0 spiro atoms. The molecule has 1 aromatic rings. The molecule has 0 saturated carbocycles. The van der Waals surface area contributed by atoms with Crippen LogP contribution in [0.15, 0.2) is 23.1 Å². The summed E-state index contributed by atoms with van der Waals surface area (Å²) in [5.41, 5.74) is 1.15. The minimum absolute atomic E-state index is 0.248. The van der Waals surface area contributed by atoms with Crippen LogP contribution < -0.4 is 4.74 Å². The van der Waals surface area contributed by atoms with Crippen molar-refractivity contribution in [3.63, 3.8) is 0 Å². The van der Waals surface area contributed by atoms with Gasteiger partial charge in [0.2, 0.25) is 0 Å². The molecular formula is C15H22O2S. The zero-order valence-electron chi connectivity index (χ0n) is 11.5. The van der Waals surface area contributed by atoms with Gasteiger partial charge in [-0.2, -0.15) is 0 Å². The van der Waals surface area contributed by atoms with E-state index in [1.54, 1.807) is 11.8 Å². The summed E-state index contributed by atoms with van der Waals surface area (Å²) in [6.07, 6.45) is 7.94. The molecule has 0 aliphatic heterocycles. The highest BCUT2D eigenvalue weighted by molar-refractivity contribution is 7.98. The number of carbonyl (C=O) groups excluding carboxylic acids is 1. The third-order valence-electron chi connectivity index (χ3n) is 2.82.